The molecule has 2 aromatic rings. The molecule has 0 aliphatic carbocycles. The predicted molar refractivity (Wildman–Crippen MR) is 67.1 cm³/mol. The molecule has 2 rings (SSSR count). The fraction of sp³-hybridized carbons (Fsp3) is 0.154. The lowest BCUT2D eigenvalue weighted by molar-refractivity contribution is 0.0949. The first kappa shape index (κ1) is 12.0. The molecule has 0 fully saturated rings. The van der Waals surface area contributed by atoms with E-state index < -0.39 is 0 Å². The van der Waals surface area contributed by atoms with Gasteiger partial charge in [0.25, 0.3) is 11.5 Å². The van der Waals surface area contributed by atoms with Gasteiger partial charge in [-0.3, -0.25) is 14.6 Å². The molecule has 0 unspecified atom stereocenters. The molecule has 2 aromatic heterocycles. The van der Waals surface area contributed by atoms with Crippen molar-refractivity contribution in [3.63, 3.8) is 0 Å². The number of pyridine rings is 2. The minimum absolute atomic E-state index is 0.147. The largest absolute Gasteiger partial charge is 0.348 e. The van der Waals surface area contributed by atoms with Crippen molar-refractivity contribution in [3.8, 4) is 0 Å². The predicted octanol–water partition coefficient (Wildman–Crippen LogP) is 0.710. The minimum Gasteiger partial charge on any atom is -0.348 e. The van der Waals surface area contributed by atoms with E-state index in [9.17, 15) is 9.59 Å². The molecule has 0 spiro atoms. The standard InChI is InChI=1S/C13H13N3O2/c1-16-8-2-3-11(13(16)18)12(17)15-9-10-4-6-14-7-5-10/h2-8H,9H2,1H3,(H,15,17). The van der Waals surface area contributed by atoms with Crippen LogP contribution < -0.4 is 10.9 Å². The van der Waals surface area contributed by atoms with Gasteiger partial charge < -0.3 is 9.88 Å². The van der Waals surface area contributed by atoms with Crippen molar-refractivity contribution in [1.29, 1.82) is 0 Å². The number of hydrogen-bond acceptors (Lipinski definition) is 3. The van der Waals surface area contributed by atoms with Gasteiger partial charge in [-0.05, 0) is 29.8 Å². The van der Waals surface area contributed by atoms with E-state index in [4.69, 9.17) is 0 Å². The van der Waals surface area contributed by atoms with E-state index in [0.29, 0.717) is 6.54 Å². The maximum Gasteiger partial charge on any atom is 0.263 e. The highest BCUT2D eigenvalue weighted by molar-refractivity contribution is 5.93. The Kier molecular flexibility index (Phi) is 3.52. The molecular weight excluding hydrogens is 230 g/mol. The van der Waals surface area contributed by atoms with Gasteiger partial charge >= 0.3 is 0 Å². The van der Waals surface area contributed by atoms with Crippen LogP contribution in [0, 0.1) is 0 Å². The number of rotatable bonds is 3. The van der Waals surface area contributed by atoms with Crippen LogP contribution in [0.25, 0.3) is 0 Å². The molecule has 0 aromatic carbocycles. The van der Waals surface area contributed by atoms with Crippen LogP contribution in [0.1, 0.15) is 15.9 Å². The third-order valence-corrected chi connectivity index (χ3v) is 2.57. The van der Waals surface area contributed by atoms with Crippen LogP contribution in [0.4, 0.5) is 0 Å². The molecule has 5 heteroatoms. The van der Waals surface area contributed by atoms with Crippen LogP contribution in [0.5, 0.6) is 0 Å². The van der Waals surface area contributed by atoms with Crippen LogP contribution >= 0.6 is 0 Å². The lowest BCUT2D eigenvalue weighted by atomic mass is 10.2. The van der Waals surface area contributed by atoms with Crippen LogP contribution in [-0.2, 0) is 13.6 Å². The number of aryl methyl sites for hydroxylation is 1. The molecule has 0 aliphatic rings. The Labute approximate surface area is 104 Å². The first-order chi connectivity index (χ1) is 8.68. The lowest BCUT2D eigenvalue weighted by Gasteiger charge is -2.05. The van der Waals surface area contributed by atoms with E-state index in [1.807, 2.05) is 12.1 Å². The number of nitrogens with one attached hydrogen (secondary N) is 1. The fourth-order valence-corrected chi connectivity index (χ4v) is 1.55. The smallest absolute Gasteiger partial charge is 0.263 e. The summed E-state index contributed by atoms with van der Waals surface area (Å²) in [4.78, 5) is 27.5. The summed E-state index contributed by atoms with van der Waals surface area (Å²) in [6, 6.07) is 6.81. The van der Waals surface area contributed by atoms with Crippen molar-refractivity contribution < 1.29 is 4.79 Å². The molecule has 1 N–H and O–H groups in total. The molecule has 92 valence electrons. The SMILES string of the molecule is Cn1cccc(C(=O)NCc2ccncc2)c1=O. The third kappa shape index (κ3) is 2.63. The molecule has 0 bridgehead atoms. The van der Waals surface area contributed by atoms with E-state index in [-0.39, 0.29) is 17.0 Å². The van der Waals surface area contributed by atoms with Gasteiger partial charge in [0.05, 0.1) is 0 Å². The average molecular weight is 243 g/mol. The van der Waals surface area contributed by atoms with Gasteiger partial charge in [0.15, 0.2) is 0 Å². The van der Waals surface area contributed by atoms with E-state index in [1.54, 1.807) is 31.7 Å². The Morgan fingerprint density at radius 1 is 1.33 bits per heavy atom. The molecule has 0 radical (unpaired) electrons. The topological polar surface area (TPSA) is 64.0 Å². The number of nitrogens with zero attached hydrogens (tertiary/aromatic N) is 2. The second-order valence-electron chi connectivity index (χ2n) is 3.88. The Morgan fingerprint density at radius 2 is 2.06 bits per heavy atom. The molecule has 0 saturated carbocycles. The van der Waals surface area contributed by atoms with Crippen molar-refractivity contribution >= 4 is 5.91 Å². The molecule has 18 heavy (non-hydrogen) atoms. The summed E-state index contributed by atoms with van der Waals surface area (Å²) < 4.78 is 1.38. The summed E-state index contributed by atoms with van der Waals surface area (Å²) in [7, 11) is 1.61. The summed E-state index contributed by atoms with van der Waals surface area (Å²) in [5.74, 6) is -0.368. The van der Waals surface area contributed by atoms with Gasteiger partial charge in [-0.2, -0.15) is 0 Å². The average Bonchev–Trinajstić information content (AvgIpc) is 2.40. The van der Waals surface area contributed by atoms with E-state index in [0.717, 1.165) is 5.56 Å². The van der Waals surface area contributed by atoms with E-state index in [1.165, 1.54) is 10.6 Å². The Hall–Kier alpha value is -2.43. The zero-order chi connectivity index (χ0) is 13.0. The van der Waals surface area contributed by atoms with Crippen molar-refractivity contribution in [1.82, 2.24) is 14.9 Å². The highest BCUT2D eigenvalue weighted by Crippen LogP contribution is 1.97. The quantitative estimate of drug-likeness (QED) is 0.863. The summed E-state index contributed by atoms with van der Waals surface area (Å²) in [6.45, 7) is 0.374. The molecule has 2 heterocycles. The van der Waals surface area contributed by atoms with Gasteiger partial charge in [-0.25, -0.2) is 0 Å². The van der Waals surface area contributed by atoms with Gasteiger partial charge in [0, 0.05) is 32.2 Å². The zero-order valence-electron chi connectivity index (χ0n) is 9.96. The molecule has 1 amide bonds. The normalized spacial score (nSPS) is 10.1. The summed E-state index contributed by atoms with van der Waals surface area (Å²) in [6.07, 6.45) is 4.92. The summed E-state index contributed by atoms with van der Waals surface area (Å²) >= 11 is 0. The molecule has 0 atom stereocenters. The zero-order valence-corrected chi connectivity index (χ0v) is 9.96. The molecular formula is C13H13N3O2. The number of aromatic nitrogens is 2. The number of hydrogen-bond donors (Lipinski definition) is 1. The van der Waals surface area contributed by atoms with Crippen LogP contribution in [-0.4, -0.2) is 15.5 Å². The van der Waals surface area contributed by atoms with Gasteiger partial charge in [0.2, 0.25) is 0 Å². The Bertz CT molecular complexity index is 605. The van der Waals surface area contributed by atoms with Crippen molar-refractivity contribution in [2.45, 2.75) is 6.54 Å². The Morgan fingerprint density at radius 3 is 2.78 bits per heavy atom. The fourth-order valence-electron chi connectivity index (χ4n) is 1.55. The van der Waals surface area contributed by atoms with Crippen LogP contribution in [0.3, 0.4) is 0 Å². The summed E-state index contributed by atoms with van der Waals surface area (Å²) in [5.41, 5.74) is 0.782. The molecule has 0 saturated heterocycles. The van der Waals surface area contributed by atoms with E-state index in [2.05, 4.69) is 10.3 Å². The monoisotopic (exact) mass is 243 g/mol. The number of carbonyl (C=O) groups excluding carboxylic acids is 1. The van der Waals surface area contributed by atoms with Crippen molar-refractivity contribution in [2.75, 3.05) is 0 Å². The van der Waals surface area contributed by atoms with Crippen molar-refractivity contribution in [3.05, 3.63) is 64.3 Å². The van der Waals surface area contributed by atoms with Crippen LogP contribution in [0.2, 0.25) is 0 Å². The molecule has 5 nitrogen and oxygen atoms in total. The maximum absolute atomic E-state index is 11.9. The summed E-state index contributed by atoms with van der Waals surface area (Å²) in [5, 5.41) is 2.70. The molecule has 0 aliphatic heterocycles. The number of amides is 1. The Balaban J connectivity index is 2.09. The van der Waals surface area contributed by atoms with Gasteiger partial charge in [-0.15, -0.1) is 0 Å². The van der Waals surface area contributed by atoms with Crippen LogP contribution in [0.15, 0.2) is 47.7 Å². The van der Waals surface area contributed by atoms with Gasteiger partial charge in [0.1, 0.15) is 5.56 Å². The lowest BCUT2D eigenvalue weighted by Crippen LogP contribution is -2.31. The number of carbonyl (C=O) groups is 1. The first-order valence-corrected chi connectivity index (χ1v) is 5.51. The highest BCUT2D eigenvalue weighted by Gasteiger charge is 2.10. The third-order valence-electron chi connectivity index (χ3n) is 2.57. The maximum atomic E-state index is 11.9. The second-order valence-corrected chi connectivity index (χ2v) is 3.88. The highest BCUT2D eigenvalue weighted by atomic mass is 16.2. The van der Waals surface area contributed by atoms with Gasteiger partial charge in [-0.1, -0.05) is 0 Å². The second kappa shape index (κ2) is 5.27. The van der Waals surface area contributed by atoms with E-state index >= 15 is 0 Å². The van der Waals surface area contributed by atoms with Crippen molar-refractivity contribution in [2.24, 2.45) is 7.05 Å². The first-order valence-electron chi connectivity index (χ1n) is 5.51. The minimum atomic E-state index is -0.368.